The summed E-state index contributed by atoms with van der Waals surface area (Å²) < 4.78 is 11.1. The molecule has 3 rings (SSSR count). The predicted molar refractivity (Wildman–Crippen MR) is 123 cm³/mol. The van der Waals surface area contributed by atoms with Crippen LogP contribution >= 0.6 is 0 Å². The van der Waals surface area contributed by atoms with Crippen molar-refractivity contribution in [3.63, 3.8) is 0 Å². The fourth-order valence-electron chi connectivity index (χ4n) is 3.85. The van der Waals surface area contributed by atoms with E-state index in [1.165, 1.54) is 6.92 Å². The highest BCUT2D eigenvalue weighted by Gasteiger charge is 2.29. The van der Waals surface area contributed by atoms with Gasteiger partial charge in [-0.25, -0.2) is 15.7 Å². The molecule has 0 unspecified atom stereocenters. The van der Waals surface area contributed by atoms with Crippen LogP contribution in [0.25, 0.3) is 0 Å². The third kappa shape index (κ3) is 7.33. The molecular formula is C23H35N5O5. The molecular weight excluding hydrogens is 426 g/mol. The van der Waals surface area contributed by atoms with Crippen molar-refractivity contribution >= 4 is 18.0 Å². The van der Waals surface area contributed by atoms with Crippen LogP contribution < -0.4 is 16.0 Å². The molecule has 33 heavy (non-hydrogen) atoms. The highest BCUT2D eigenvalue weighted by atomic mass is 16.6. The number of rotatable bonds is 5. The Hall–Kier alpha value is -2.85. The van der Waals surface area contributed by atoms with E-state index in [1.54, 1.807) is 4.90 Å². The molecule has 2 amide bonds. The van der Waals surface area contributed by atoms with Gasteiger partial charge in [0, 0.05) is 33.1 Å². The maximum Gasteiger partial charge on any atom is 0.410 e. The van der Waals surface area contributed by atoms with Gasteiger partial charge in [0.15, 0.2) is 0 Å². The van der Waals surface area contributed by atoms with Crippen LogP contribution in [0.3, 0.4) is 0 Å². The molecule has 182 valence electrons. The number of nitrogens with zero attached hydrogens (tertiary/aromatic N) is 3. The average Bonchev–Trinajstić information content (AvgIpc) is 3.16. The molecule has 0 spiro atoms. The molecule has 0 saturated carbocycles. The number of ether oxygens (including phenoxy) is 2. The number of hydrogen-bond donors (Lipinski definition) is 2. The minimum absolute atomic E-state index is 0.0180. The van der Waals surface area contributed by atoms with Gasteiger partial charge in [-0.15, -0.1) is 0 Å². The zero-order valence-electron chi connectivity index (χ0n) is 19.9. The number of amides is 2. The third-order valence-corrected chi connectivity index (χ3v) is 5.38. The lowest BCUT2D eigenvalue weighted by Gasteiger charge is -2.33. The van der Waals surface area contributed by atoms with Crippen LogP contribution in [0.15, 0.2) is 23.2 Å². The van der Waals surface area contributed by atoms with E-state index in [0.29, 0.717) is 58.2 Å². The first-order chi connectivity index (χ1) is 15.6. The number of guanidine groups is 1. The summed E-state index contributed by atoms with van der Waals surface area (Å²) in [7, 11) is 0. The Kier molecular flexibility index (Phi) is 8.15. The Bertz CT molecular complexity index is 874. The maximum absolute atomic E-state index is 12.3. The highest BCUT2D eigenvalue weighted by Crippen LogP contribution is 2.27. The van der Waals surface area contributed by atoms with E-state index in [1.807, 2.05) is 39.0 Å². The molecule has 2 aliphatic heterocycles. The van der Waals surface area contributed by atoms with Crippen LogP contribution in [-0.4, -0.2) is 65.7 Å². The molecule has 0 aliphatic carbocycles. The lowest BCUT2D eigenvalue weighted by Crippen LogP contribution is -2.45. The normalized spacial score (nSPS) is 17.1. The molecule has 1 saturated heterocycles. The Morgan fingerprint density at radius 1 is 1.12 bits per heavy atom. The van der Waals surface area contributed by atoms with Gasteiger partial charge in [-0.05, 0) is 56.9 Å². The van der Waals surface area contributed by atoms with E-state index >= 15 is 0 Å². The second kappa shape index (κ2) is 10.8. The molecule has 3 N–H and O–H groups in total. The molecule has 0 aromatic heterocycles. The minimum atomic E-state index is -0.515. The highest BCUT2D eigenvalue weighted by molar-refractivity contribution is 5.96. The summed E-state index contributed by atoms with van der Waals surface area (Å²) in [6, 6.07) is 5.96. The van der Waals surface area contributed by atoms with Crippen LogP contribution in [-0.2, 0) is 27.5 Å². The first kappa shape index (κ1) is 24.8. The lowest BCUT2D eigenvalue weighted by molar-refractivity contribution is -0.117. The van der Waals surface area contributed by atoms with Crippen LogP contribution in [0.4, 0.5) is 4.79 Å². The number of benzene rings is 1. The van der Waals surface area contributed by atoms with Gasteiger partial charge >= 0.3 is 6.09 Å². The summed E-state index contributed by atoms with van der Waals surface area (Å²) in [5.74, 6) is 6.19. The maximum atomic E-state index is 12.3. The Labute approximate surface area is 195 Å². The Morgan fingerprint density at radius 2 is 1.82 bits per heavy atom. The van der Waals surface area contributed by atoms with Gasteiger partial charge in [0.2, 0.25) is 11.9 Å². The van der Waals surface area contributed by atoms with E-state index in [2.05, 4.69) is 15.1 Å². The summed E-state index contributed by atoms with van der Waals surface area (Å²) in [5, 5.41) is 2.90. The molecule has 1 fully saturated rings. The van der Waals surface area contributed by atoms with Crippen molar-refractivity contribution in [3.05, 3.63) is 29.3 Å². The van der Waals surface area contributed by atoms with Gasteiger partial charge in [-0.3, -0.25) is 10.1 Å². The van der Waals surface area contributed by atoms with Crippen molar-refractivity contribution < 1.29 is 23.9 Å². The molecule has 1 aromatic carbocycles. The molecule has 2 aliphatic rings. The monoisotopic (exact) mass is 461 g/mol. The topological polar surface area (TPSA) is 119 Å². The van der Waals surface area contributed by atoms with Crippen LogP contribution in [0.1, 0.15) is 51.7 Å². The van der Waals surface area contributed by atoms with E-state index in [4.69, 9.17) is 20.4 Å². The molecule has 10 nitrogen and oxygen atoms in total. The zero-order chi connectivity index (χ0) is 24.0. The molecule has 1 aromatic rings. The van der Waals surface area contributed by atoms with E-state index in [-0.39, 0.29) is 18.0 Å². The second-order valence-electron chi connectivity index (χ2n) is 9.34. The van der Waals surface area contributed by atoms with Gasteiger partial charge in [-0.1, -0.05) is 6.07 Å². The van der Waals surface area contributed by atoms with Crippen molar-refractivity contribution in [3.8, 4) is 5.75 Å². The Balaban J connectivity index is 1.63. The number of likely N-dealkylation sites (tertiary alicyclic amines) is 1. The predicted octanol–water partition coefficient (Wildman–Crippen LogP) is 2.16. The fraction of sp³-hybridized carbons (Fsp3) is 0.609. The first-order valence-electron chi connectivity index (χ1n) is 11.3. The van der Waals surface area contributed by atoms with E-state index in [9.17, 15) is 9.59 Å². The van der Waals surface area contributed by atoms with Crippen molar-refractivity contribution in [1.29, 1.82) is 0 Å². The number of carbonyl (C=O) groups excluding carboxylic acids is 2. The number of fused-ring (bicyclic) bond motifs is 1. The van der Waals surface area contributed by atoms with Crippen molar-refractivity contribution in [2.24, 2.45) is 10.9 Å². The van der Waals surface area contributed by atoms with E-state index < -0.39 is 5.60 Å². The SMILES string of the molecule is CC(=O)NC(=NC1CCN(C(=O)OC(C)(C)C)CC1)N1Cc2ccc(OCCON)cc2C1. The third-order valence-electron chi connectivity index (χ3n) is 5.38. The van der Waals surface area contributed by atoms with Gasteiger partial charge in [0.25, 0.3) is 0 Å². The standard InChI is InChI=1S/C23H35N5O5/c1-16(29)25-21(26-19-7-9-27(10-8-19)22(30)33-23(2,3)4)28-14-17-5-6-20(13-18(17)15-28)31-11-12-32-24/h5-6,13,19H,7-12,14-15,24H2,1-4H3,(H,25,26,29). The zero-order valence-corrected chi connectivity index (χ0v) is 19.9. The van der Waals surface area contributed by atoms with E-state index in [0.717, 1.165) is 16.9 Å². The Morgan fingerprint density at radius 3 is 2.45 bits per heavy atom. The molecule has 0 atom stereocenters. The van der Waals surface area contributed by atoms with Gasteiger partial charge in [0.05, 0.1) is 6.04 Å². The van der Waals surface area contributed by atoms with Gasteiger partial charge in [0.1, 0.15) is 24.6 Å². The smallest absolute Gasteiger partial charge is 0.410 e. The van der Waals surface area contributed by atoms with Crippen LogP contribution in [0, 0.1) is 0 Å². The van der Waals surface area contributed by atoms with Crippen molar-refractivity contribution in [2.75, 3.05) is 26.3 Å². The average molecular weight is 462 g/mol. The number of nitrogens with one attached hydrogen (secondary N) is 1. The van der Waals surface area contributed by atoms with Gasteiger partial charge < -0.3 is 24.1 Å². The molecule has 10 heteroatoms. The van der Waals surface area contributed by atoms with Gasteiger partial charge in [-0.2, -0.15) is 0 Å². The van der Waals surface area contributed by atoms with Crippen LogP contribution in [0.2, 0.25) is 0 Å². The van der Waals surface area contributed by atoms with Crippen molar-refractivity contribution in [2.45, 2.75) is 65.3 Å². The summed E-state index contributed by atoms with van der Waals surface area (Å²) >= 11 is 0. The number of carbonyl (C=O) groups is 2. The lowest BCUT2D eigenvalue weighted by atomic mass is 10.1. The molecule has 0 radical (unpaired) electrons. The number of nitrogens with two attached hydrogens (primary N) is 1. The largest absolute Gasteiger partial charge is 0.491 e. The summed E-state index contributed by atoms with van der Waals surface area (Å²) in [6.45, 7) is 10.2. The van der Waals surface area contributed by atoms with Crippen LogP contribution in [0.5, 0.6) is 5.75 Å². The summed E-state index contributed by atoms with van der Waals surface area (Å²) in [5.41, 5.74) is 1.77. The fourth-order valence-corrected chi connectivity index (χ4v) is 3.85. The molecule has 0 bridgehead atoms. The van der Waals surface area contributed by atoms with Crippen molar-refractivity contribution in [1.82, 2.24) is 15.1 Å². The summed E-state index contributed by atoms with van der Waals surface area (Å²) in [6.07, 6.45) is 1.13. The molecule has 2 heterocycles. The number of aliphatic imine (C=N–C) groups is 1. The first-order valence-corrected chi connectivity index (χ1v) is 11.3. The summed E-state index contributed by atoms with van der Waals surface area (Å²) in [4.78, 5) is 37.4. The number of piperidine rings is 1. The quantitative estimate of drug-likeness (QED) is 0.298. The number of hydrogen-bond acceptors (Lipinski definition) is 7. The second-order valence-corrected chi connectivity index (χ2v) is 9.34. The minimum Gasteiger partial charge on any atom is -0.491 e.